The minimum atomic E-state index is -3.70. The standard InChI is InChI=1S/C13H19FN2O3S/c1-13(4-6-19-7-5-13)16-20(17,18)11-2-3-12(14)10(8-11)9-15/h2-3,8,16H,4-7,9,15H2,1H3. The van der Waals surface area contributed by atoms with Crippen molar-refractivity contribution < 1.29 is 17.5 Å². The molecule has 1 saturated heterocycles. The van der Waals surface area contributed by atoms with Crippen LogP contribution in [0.1, 0.15) is 25.3 Å². The van der Waals surface area contributed by atoms with Crippen molar-refractivity contribution in [1.29, 1.82) is 0 Å². The number of rotatable bonds is 4. The first kappa shape index (κ1) is 15.4. The number of nitrogens with one attached hydrogen (secondary N) is 1. The van der Waals surface area contributed by atoms with E-state index in [0.717, 1.165) is 6.07 Å². The lowest BCUT2D eigenvalue weighted by Gasteiger charge is -2.34. The van der Waals surface area contributed by atoms with Gasteiger partial charge in [0.25, 0.3) is 0 Å². The Kier molecular flexibility index (Phi) is 4.43. The molecule has 0 aromatic heterocycles. The van der Waals surface area contributed by atoms with Crippen LogP contribution in [0.4, 0.5) is 4.39 Å². The molecular weight excluding hydrogens is 283 g/mol. The van der Waals surface area contributed by atoms with Gasteiger partial charge in [-0.15, -0.1) is 0 Å². The summed E-state index contributed by atoms with van der Waals surface area (Å²) < 4.78 is 46.0. The van der Waals surface area contributed by atoms with Gasteiger partial charge in [0.1, 0.15) is 5.82 Å². The van der Waals surface area contributed by atoms with Crippen LogP contribution in [0.15, 0.2) is 23.1 Å². The van der Waals surface area contributed by atoms with Crippen molar-refractivity contribution in [3.63, 3.8) is 0 Å². The summed E-state index contributed by atoms with van der Waals surface area (Å²) in [6.45, 7) is 2.85. The van der Waals surface area contributed by atoms with Crippen LogP contribution in [-0.2, 0) is 21.3 Å². The van der Waals surface area contributed by atoms with Crippen molar-refractivity contribution in [2.45, 2.75) is 36.7 Å². The molecule has 0 unspecified atom stereocenters. The molecule has 0 saturated carbocycles. The highest BCUT2D eigenvalue weighted by Gasteiger charge is 2.32. The second-order valence-corrected chi connectivity index (χ2v) is 6.92. The zero-order chi connectivity index (χ0) is 14.8. The Morgan fingerprint density at radius 3 is 2.65 bits per heavy atom. The third kappa shape index (κ3) is 3.35. The SMILES string of the molecule is CC1(NS(=O)(=O)c2ccc(F)c(CN)c2)CCOCC1. The normalized spacial score (nSPS) is 18.9. The molecule has 0 aliphatic carbocycles. The van der Waals surface area contributed by atoms with Crippen molar-refractivity contribution in [1.82, 2.24) is 4.72 Å². The molecule has 7 heteroatoms. The lowest BCUT2D eigenvalue weighted by atomic mass is 9.94. The van der Waals surface area contributed by atoms with Gasteiger partial charge in [-0.3, -0.25) is 0 Å². The predicted octanol–water partition coefficient (Wildman–Crippen LogP) is 1.13. The van der Waals surface area contributed by atoms with Gasteiger partial charge >= 0.3 is 0 Å². The third-order valence-electron chi connectivity index (χ3n) is 3.52. The van der Waals surface area contributed by atoms with Gasteiger partial charge in [0.05, 0.1) is 4.90 Å². The smallest absolute Gasteiger partial charge is 0.241 e. The summed E-state index contributed by atoms with van der Waals surface area (Å²) in [5.74, 6) is -0.497. The molecule has 0 spiro atoms. The maximum absolute atomic E-state index is 13.4. The average molecular weight is 302 g/mol. The molecular formula is C13H19FN2O3S. The first-order valence-electron chi connectivity index (χ1n) is 6.46. The van der Waals surface area contributed by atoms with E-state index in [9.17, 15) is 12.8 Å². The van der Waals surface area contributed by atoms with Crippen LogP contribution in [-0.4, -0.2) is 27.2 Å². The van der Waals surface area contributed by atoms with Crippen molar-refractivity contribution in [3.05, 3.63) is 29.6 Å². The maximum atomic E-state index is 13.4. The van der Waals surface area contributed by atoms with Crippen LogP contribution in [0.5, 0.6) is 0 Å². The van der Waals surface area contributed by atoms with Gasteiger partial charge in [-0.05, 0) is 38.0 Å². The van der Waals surface area contributed by atoms with Gasteiger partial charge in [-0.25, -0.2) is 17.5 Å². The monoisotopic (exact) mass is 302 g/mol. The fraction of sp³-hybridized carbons (Fsp3) is 0.538. The van der Waals surface area contributed by atoms with E-state index < -0.39 is 21.4 Å². The van der Waals surface area contributed by atoms with E-state index in [4.69, 9.17) is 10.5 Å². The van der Waals surface area contributed by atoms with Crippen LogP contribution in [0.3, 0.4) is 0 Å². The molecule has 1 aromatic rings. The summed E-state index contributed by atoms with van der Waals surface area (Å²) in [6.07, 6.45) is 1.22. The quantitative estimate of drug-likeness (QED) is 0.873. The molecule has 3 N–H and O–H groups in total. The molecule has 1 heterocycles. The van der Waals surface area contributed by atoms with E-state index in [1.165, 1.54) is 12.1 Å². The predicted molar refractivity (Wildman–Crippen MR) is 73.1 cm³/mol. The van der Waals surface area contributed by atoms with E-state index in [1.54, 1.807) is 0 Å². The van der Waals surface area contributed by atoms with Gasteiger partial charge in [-0.1, -0.05) is 0 Å². The van der Waals surface area contributed by atoms with Crippen molar-refractivity contribution in [2.24, 2.45) is 5.73 Å². The van der Waals surface area contributed by atoms with Crippen LogP contribution in [0.2, 0.25) is 0 Å². The molecule has 0 amide bonds. The number of hydrogen-bond donors (Lipinski definition) is 2. The second kappa shape index (κ2) is 5.77. The minimum Gasteiger partial charge on any atom is -0.381 e. The molecule has 0 atom stereocenters. The van der Waals surface area contributed by atoms with Gasteiger partial charge in [0.2, 0.25) is 10.0 Å². The highest BCUT2D eigenvalue weighted by atomic mass is 32.2. The summed E-state index contributed by atoms with van der Waals surface area (Å²) in [5, 5.41) is 0. The largest absolute Gasteiger partial charge is 0.381 e. The van der Waals surface area contributed by atoms with Gasteiger partial charge in [0, 0.05) is 30.9 Å². The van der Waals surface area contributed by atoms with Crippen LogP contribution >= 0.6 is 0 Å². The molecule has 1 aromatic carbocycles. The van der Waals surface area contributed by atoms with E-state index in [0.29, 0.717) is 26.1 Å². The fourth-order valence-corrected chi connectivity index (χ4v) is 3.70. The van der Waals surface area contributed by atoms with E-state index >= 15 is 0 Å². The van der Waals surface area contributed by atoms with Gasteiger partial charge < -0.3 is 10.5 Å². The highest BCUT2D eigenvalue weighted by Crippen LogP contribution is 2.23. The second-order valence-electron chi connectivity index (χ2n) is 5.24. The molecule has 20 heavy (non-hydrogen) atoms. The van der Waals surface area contributed by atoms with Gasteiger partial charge in [0.15, 0.2) is 0 Å². The van der Waals surface area contributed by atoms with Crippen LogP contribution in [0.25, 0.3) is 0 Å². The van der Waals surface area contributed by atoms with Crippen molar-refractivity contribution in [2.75, 3.05) is 13.2 Å². The van der Waals surface area contributed by atoms with Crippen molar-refractivity contribution in [3.8, 4) is 0 Å². The Morgan fingerprint density at radius 2 is 2.05 bits per heavy atom. The molecule has 0 bridgehead atoms. The Labute approximate surface area is 118 Å². The number of nitrogens with two attached hydrogens (primary N) is 1. The number of hydrogen-bond acceptors (Lipinski definition) is 4. The lowest BCUT2D eigenvalue weighted by molar-refractivity contribution is 0.0537. The Bertz CT molecular complexity index is 583. The topological polar surface area (TPSA) is 81.4 Å². The van der Waals surface area contributed by atoms with Crippen LogP contribution < -0.4 is 10.5 Å². The van der Waals surface area contributed by atoms with Gasteiger partial charge in [-0.2, -0.15) is 0 Å². The van der Waals surface area contributed by atoms with E-state index in [2.05, 4.69) is 4.72 Å². The first-order valence-corrected chi connectivity index (χ1v) is 7.95. The minimum absolute atomic E-state index is 0.0343. The molecule has 1 aliphatic rings. The zero-order valence-corrected chi connectivity index (χ0v) is 12.2. The van der Waals surface area contributed by atoms with Crippen molar-refractivity contribution >= 4 is 10.0 Å². The third-order valence-corrected chi connectivity index (χ3v) is 5.16. The summed E-state index contributed by atoms with van der Waals surface area (Å²) in [6, 6.07) is 3.66. The molecule has 5 nitrogen and oxygen atoms in total. The number of halogens is 1. The average Bonchev–Trinajstić information content (AvgIpc) is 2.38. The summed E-state index contributed by atoms with van der Waals surface area (Å²) in [5.41, 5.74) is 5.05. The zero-order valence-electron chi connectivity index (χ0n) is 11.4. The van der Waals surface area contributed by atoms with Crippen LogP contribution in [0, 0.1) is 5.82 Å². The Balaban J connectivity index is 2.26. The van der Waals surface area contributed by atoms with E-state index in [-0.39, 0.29) is 17.0 Å². The molecule has 2 rings (SSSR count). The number of benzene rings is 1. The maximum Gasteiger partial charge on any atom is 0.241 e. The highest BCUT2D eigenvalue weighted by molar-refractivity contribution is 7.89. The number of ether oxygens (including phenoxy) is 1. The molecule has 1 aliphatic heterocycles. The number of sulfonamides is 1. The van der Waals surface area contributed by atoms with E-state index in [1.807, 2.05) is 6.92 Å². The Hall–Kier alpha value is -1.02. The first-order chi connectivity index (χ1) is 9.36. The summed E-state index contributed by atoms with van der Waals surface area (Å²) in [4.78, 5) is 0.0343. The molecule has 112 valence electrons. The Morgan fingerprint density at radius 1 is 1.40 bits per heavy atom. The summed E-state index contributed by atoms with van der Waals surface area (Å²) >= 11 is 0. The lowest BCUT2D eigenvalue weighted by Crippen LogP contribution is -2.49. The fourth-order valence-electron chi connectivity index (χ4n) is 2.18. The molecule has 0 radical (unpaired) electrons. The molecule has 1 fully saturated rings. The summed E-state index contributed by atoms with van der Waals surface area (Å²) in [7, 11) is -3.70.